The molecule has 0 saturated carbocycles. The number of carbonyl (C=O) groups excluding carboxylic acids is 2. The van der Waals surface area contributed by atoms with Crippen LogP contribution in [0.25, 0.3) is 0 Å². The third kappa shape index (κ3) is 0.964. The van der Waals surface area contributed by atoms with Crippen LogP contribution in [0.1, 0.15) is 19.3 Å². The molecule has 3 nitrogen and oxygen atoms in total. The van der Waals surface area contributed by atoms with Crippen molar-refractivity contribution in [3.63, 3.8) is 0 Å². The molecule has 0 aromatic heterocycles. The Labute approximate surface area is 64.5 Å². The Morgan fingerprint density at radius 3 is 3.00 bits per heavy atom. The maximum atomic E-state index is 11.2. The predicted molar refractivity (Wildman–Crippen MR) is 38.6 cm³/mol. The van der Waals surface area contributed by atoms with Crippen LogP contribution in [0.3, 0.4) is 0 Å². The van der Waals surface area contributed by atoms with Gasteiger partial charge in [0.2, 0.25) is 5.91 Å². The van der Waals surface area contributed by atoms with Crippen LogP contribution in [-0.4, -0.2) is 11.7 Å². The first-order chi connectivity index (χ1) is 5.27. The molecular weight excluding hydrogens is 142 g/mol. The van der Waals surface area contributed by atoms with Crippen molar-refractivity contribution in [2.24, 2.45) is 5.92 Å². The lowest BCUT2D eigenvalue weighted by molar-refractivity contribution is -0.124. The van der Waals surface area contributed by atoms with Gasteiger partial charge in [-0.2, -0.15) is 0 Å². The first kappa shape index (κ1) is 6.58. The second-order valence-electron chi connectivity index (χ2n) is 2.97. The monoisotopic (exact) mass is 151 g/mol. The van der Waals surface area contributed by atoms with Crippen molar-refractivity contribution >= 4 is 11.7 Å². The summed E-state index contributed by atoms with van der Waals surface area (Å²) in [6.07, 6.45) is 3.70. The number of nitrogens with one attached hydrogen (secondary N) is 1. The summed E-state index contributed by atoms with van der Waals surface area (Å²) < 4.78 is 0. The van der Waals surface area contributed by atoms with E-state index in [4.69, 9.17) is 0 Å². The molecule has 2 rings (SSSR count). The number of allylic oxidation sites excluding steroid dienone is 2. The smallest absolute Gasteiger partial charge is 0.225 e. The number of hydrogen-bond acceptors (Lipinski definition) is 2. The zero-order valence-electron chi connectivity index (χ0n) is 6.09. The van der Waals surface area contributed by atoms with Gasteiger partial charge in [-0.3, -0.25) is 9.59 Å². The van der Waals surface area contributed by atoms with Crippen molar-refractivity contribution in [3.8, 4) is 0 Å². The summed E-state index contributed by atoms with van der Waals surface area (Å²) in [7, 11) is 0. The van der Waals surface area contributed by atoms with Crippen molar-refractivity contribution in [2.75, 3.05) is 0 Å². The van der Waals surface area contributed by atoms with E-state index in [2.05, 4.69) is 5.32 Å². The predicted octanol–water partition coefficient (Wildman–Crippen LogP) is 0.369. The van der Waals surface area contributed by atoms with Crippen LogP contribution in [0.15, 0.2) is 11.8 Å². The summed E-state index contributed by atoms with van der Waals surface area (Å²) in [6.45, 7) is 0. The van der Waals surface area contributed by atoms with E-state index in [1.54, 1.807) is 0 Å². The van der Waals surface area contributed by atoms with E-state index in [1.807, 2.05) is 6.08 Å². The van der Waals surface area contributed by atoms with Crippen LogP contribution in [0.2, 0.25) is 0 Å². The Morgan fingerprint density at radius 2 is 2.27 bits per heavy atom. The maximum absolute atomic E-state index is 11.2. The van der Waals surface area contributed by atoms with E-state index in [1.165, 1.54) is 0 Å². The fourth-order valence-electron chi connectivity index (χ4n) is 1.62. The van der Waals surface area contributed by atoms with E-state index in [9.17, 15) is 9.59 Å². The van der Waals surface area contributed by atoms with Gasteiger partial charge < -0.3 is 5.32 Å². The minimum atomic E-state index is -0.128. The number of ketones is 1. The Bertz CT molecular complexity index is 255. The molecule has 1 amide bonds. The van der Waals surface area contributed by atoms with Gasteiger partial charge in [0, 0.05) is 18.5 Å². The molecule has 1 aliphatic heterocycles. The van der Waals surface area contributed by atoms with Gasteiger partial charge in [0.25, 0.3) is 0 Å². The van der Waals surface area contributed by atoms with Crippen molar-refractivity contribution in [1.82, 2.24) is 5.32 Å². The summed E-state index contributed by atoms with van der Waals surface area (Å²) in [4.78, 5) is 22.0. The first-order valence-corrected chi connectivity index (χ1v) is 3.80. The van der Waals surface area contributed by atoms with Gasteiger partial charge in [-0.25, -0.2) is 0 Å². The van der Waals surface area contributed by atoms with Gasteiger partial charge in [0.1, 0.15) is 5.78 Å². The lowest BCUT2D eigenvalue weighted by Crippen LogP contribution is -2.19. The van der Waals surface area contributed by atoms with Crippen LogP contribution in [0, 0.1) is 5.92 Å². The standard InChI is InChI=1S/C8H9NO2/c10-7-3-1-2-6-5(7)4-8(11)9-6/h2,5H,1,3-4H2,(H,9,11). The molecule has 1 fully saturated rings. The highest BCUT2D eigenvalue weighted by Crippen LogP contribution is 2.27. The zero-order valence-corrected chi connectivity index (χ0v) is 6.09. The van der Waals surface area contributed by atoms with Crippen molar-refractivity contribution < 1.29 is 9.59 Å². The molecule has 2 aliphatic rings. The minimum absolute atomic E-state index is 0.0171. The van der Waals surface area contributed by atoms with E-state index < -0.39 is 0 Å². The first-order valence-electron chi connectivity index (χ1n) is 3.80. The fourth-order valence-corrected chi connectivity index (χ4v) is 1.62. The number of fused-ring (bicyclic) bond motifs is 1. The molecule has 0 bridgehead atoms. The van der Waals surface area contributed by atoms with E-state index in [-0.39, 0.29) is 17.6 Å². The van der Waals surface area contributed by atoms with Crippen LogP contribution in [0.4, 0.5) is 0 Å². The van der Waals surface area contributed by atoms with E-state index in [0.29, 0.717) is 12.8 Å². The summed E-state index contributed by atoms with van der Waals surface area (Å²) in [5.74, 6) is 0.0635. The summed E-state index contributed by atoms with van der Waals surface area (Å²) >= 11 is 0. The molecular formula is C8H9NO2. The van der Waals surface area contributed by atoms with Gasteiger partial charge in [-0.05, 0) is 6.42 Å². The topological polar surface area (TPSA) is 46.2 Å². The fraction of sp³-hybridized carbons (Fsp3) is 0.500. The Morgan fingerprint density at radius 1 is 1.45 bits per heavy atom. The van der Waals surface area contributed by atoms with Gasteiger partial charge in [-0.1, -0.05) is 6.08 Å². The summed E-state index contributed by atoms with van der Waals surface area (Å²) in [5, 5.41) is 2.69. The number of hydrogen-bond donors (Lipinski definition) is 1. The number of rotatable bonds is 0. The number of amides is 1. The zero-order chi connectivity index (χ0) is 7.84. The van der Waals surface area contributed by atoms with E-state index in [0.717, 1.165) is 12.1 Å². The van der Waals surface area contributed by atoms with Crippen LogP contribution >= 0.6 is 0 Å². The molecule has 0 radical (unpaired) electrons. The molecule has 0 spiro atoms. The molecule has 11 heavy (non-hydrogen) atoms. The van der Waals surface area contributed by atoms with Crippen molar-refractivity contribution in [2.45, 2.75) is 19.3 Å². The lowest BCUT2D eigenvalue weighted by Gasteiger charge is -2.13. The Balaban J connectivity index is 2.30. The SMILES string of the molecule is O=C1CC2C(=O)CCC=C2N1. The third-order valence-electron chi connectivity index (χ3n) is 2.19. The molecule has 1 heterocycles. The highest BCUT2D eigenvalue weighted by molar-refractivity contribution is 5.95. The lowest BCUT2D eigenvalue weighted by atomic mass is 9.91. The average Bonchev–Trinajstić information content (AvgIpc) is 2.31. The average molecular weight is 151 g/mol. The highest BCUT2D eigenvalue weighted by Gasteiger charge is 2.33. The molecule has 58 valence electrons. The second kappa shape index (κ2) is 2.19. The van der Waals surface area contributed by atoms with Gasteiger partial charge in [0.15, 0.2) is 0 Å². The number of Topliss-reactive ketones (excluding diaryl/α,β-unsaturated/α-hetero) is 1. The van der Waals surface area contributed by atoms with Crippen LogP contribution in [0.5, 0.6) is 0 Å². The maximum Gasteiger partial charge on any atom is 0.225 e. The van der Waals surface area contributed by atoms with Crippen LogP contribution < -0.4 is 5.32 Å². The quantitative estimate of drug-likeness (QED) is 0.543. The molecule has 3 heteroatoms. The Kier molecular flexibility index (Phi) is 1.31. The van der Waals surface area contributed by atoms with Crippen molar-refractivity contribution in [1.29, 1.82) is 0 Å². The molecule has 1 atom stereocenters. The van der Waals surface area contributed by atoms with Crippen molar-refractivity contribution in [3.05, 3.63) is 11.8 Å². The minimum Gasteiger partial charge on any atom is -0.329 e. The molecule has 1 aliphatic carbocycles. The molecule has 1 saturated heterocycles. The molecule has 1 N–H and O–H groups in total. The molecule has 0 aromatic carbocycles. The molecule has 1 unspecified atom stereocenters. The van der Waals surface area contributed by atoms with Crippen LogP contribution in [-0.2, 0) is 9.59 Å². The summed E-state index contributed by atoms with van der Waals surface area (Å²) in [6, 6.07) is 0. The summed E-state index contributed by atoms with van der Waals surface area (Å²) in [5.41, 5.74) is 0.839. The number of carbonyl (C=O) groups is 2. The van der Waals surface area contributed by atoms with Gasteiger partial charge >= 0.3 is 0 Å². The van der Waals surface area contributed by atoms with Gasteiger partial charge in [-0.15, -0.1) is 0 Å². The van der Waals surface area contributed by atoms with Gasteiger partial charge in [0.05, 0.1) is 5.92 Å². The largest absolute Gasteiger partial charge is 0.329 e. The second-order valence-corrected chi connectivity index (χ2v) is 2.97. The molecule has 0 aromatic rings. The van der Waals surface area contributed by atoms with E-state index >= 15 is 0 Å². The Hall–Kier alpha value is -1.12. The normalized spacial score (nSPS) is 29.5. The third-order valence-corrected chi connectivity index (χ3v) is 2.19. The highest BCUT2D eigenvalue weighted by atomic mass is 16.2.